The second kappa shape index (κ2) is 4.41. The Morgan fingerprint density at radius 3 is 2.54 bits per heavy atom. The van der Waals surface area contributed by atoms with Crippen molar-refractivity contribution in [3.05, 3.63) is 18.0 Å². The lowest BCUT2D eigenvalue weighted by Gasteiger charge is -2.03. The van der Waals surface area contributed by atoms with Crippen LogP contribution in [-0.4, -0.2) is 9.97 Å². The van der Waals surface area contributed by atoms with Gasteiger partial charge in [-0.15, -0.1) is 0 Å². The zero-order valence-corrected chi connectivity index (χ0v) is 7.78. The molecule has 0 fully saturated rings. The van der Waals surface area contributed by atoms with Crippen LogP contribution < -0.4 is 5.32 Å². The SMILES string of the molecule is CC(C)Cc1cnc(NC#N)nc1. The van der Waals surface area contributed by atoms with Gasteiger partial charge in [0.15, 0.2) is 6.19 Å². The molecule has 0 aliphatic heterocycles. The molecule has 0 aromatic carbocycles. The Morgan fingerprint density at radius 2 is 2.08 bits per heavy atom. The summed E-state index contributed by atoms with van der Waals surface area (Å²) in [5.41, 5.74) is 1.10. The first kappa shape index (κ1) is 9.46. The largest absolute Gasteiger partial charge is 0.261 e. The van der Waals surface area contributed by atoms with E-state index in [1.807, 2.05) is 0 Å². The van der Waals surface area contributed by atoms with Gasteiger partial charge >= 0.3 is 0 Å². The number of rotatable bonds is 3. The van der Waals surface area contributed by atoms with Crippen molar-refractivity contribution in [3.63, 3.8) is 0 Å². The molecule has 0 aliphatic rings. The number of nitrogens with one attached hydrogen (secondary N) is 1. The van der Waals surface area contributed by atoms with Crippen molar-refractivity contribution in [2.45, 2.75) is 20.3 Å². The molecular formula is C9H12N4. The Kier molecular flexibility index (Phi) is 3.21. The Labute approximate surface area is 77.6 Å². The van der Waals surface area contributed by atoms with E-state index in [1.165, 1.54) is 0 Å². The first-order valence-corrected chi connectivity index (χ1v) is 4.18. The van der Waals surface area contributed by atoms with Crippen molar-refractivity contribution in [2.75, 3.05) is 5.32 Å². The van der Waals surface area contributed by atoms with Gasteiger partial charge in [-0.3, -0.25) is 5.32 Å². The zero-order chi connectivity index (χ0) is 9.68. The Hall–Kier alpha value is -1.63. The van der Waals surface area contributed by atoms with Gasteiger partial charge in [-0.25, -0.2) is 9.97 Å². The maximum Gasteiger partial charge on any atom is 0.236 e. The van der Waals surface area contributed by atoms with E-state index in [0.29, 0.717) is 11.9 Å². The third kappa shape index (κ3) is 3.08. The molecule has 0 saturated carbocycles. The van der Waals surface area contributed by atoms with Crippen molar-refractivity contribution < 1.29 is 0 Å². The molecule has 1 aromatic rings. The van der Waals surface area contributed by atoms with Gasteiger partial charge in [0.25, 0.3) is 0 Å². The summed E-state index contributed by atoms with van der Waals surface area (Å²) in [5.74, 6) is 0.952. The minimum absolute atomic E-state index is 0.356. The standard InChI is InChI=1S/C9H12N4/c1-7(2)3-8-4-11-9(12-5-8)13-6-10/h4-5,7H,3H2,1-2H3,(H,11,12,13). The number of anilines is 1. The second-order valence-corrected chi connectivity index (χ2v) is 3.25. The third-order valence-corrected chi connectivity index (χ3v) is 1.52. The van der Waals surface area contributed by atoms with Gasteiger partial charge in [0.2, 0.25) is 5.95 Å². The summed E-state index contributed by atoms with van der Waals surface area (Å²) < 4.78 is 0. The smallest absolute Gasteiger partial charge is 0.236 e. The lowest BCUT2D eigenvalue weighted by molar-refractivity contribution is 0.644. The van der Waals surface area contributed by atoms with Crippen molar-refractivity contribution in [3.8, 4) is 6.19 Å². The monoisotopic (exact) mass is 176 g/mol. The van der Waals surface area contributed by atoms with Gasteiger partial charge in [-0.2, -0.15) is 5.26 Å². The summed E-state index contributed by atoms with van der Waals surface area (Å²) >= 11 is 0. The van der Waals surface area contributed by atoms with Gasteiger partial charge in [-0.1, -0.05) is 13.8 Å². The van der Waals surface area contributed by atoms with E-state index in [0.717, 1.165) is 12.0 Å². The van der Waals surface area contributed by atoms with Gasteiger partial charge in [0.1, 0.15) is 0 Å². The van der Waals surface area contributed by atoms with Crippen LogP contribution in [0.1, 0.15) is 19.4 Å². The highest BCUT2D eigenvalue weighted by Gasteiger charge is 1.99. The van der Waals surface area contributed by atoms with Crippen LogP contribution in [0.15, 0.2) is 12.4 Å². The summed E-state index contributed by atoms with van der Waals surface area (Å²) in [6.07, 6.45) is 6.22. The predicted molar refractivity (Wildman–Crippen MR) is 49.8 cm³/mol. The van der Waals surface area contributed by atoms with Crippen molar-refractivity contribution in [2.24, 2.45) is 5.92 Å². The summed E-state index contributed by atoms with van der Waals surface area (Å²) in [4.78, 5) is 7.95. The van der Waals surface area contributed by atoms with Crippen LogP contribution in [0.5, 0.6) is 0 Å². The Morgan fingerprint density at radius 1 is 1.46 bits per heavy atom. The van der Waals surface area contributed by atoms with Crippen LogP contribution in [0.25, 0.3) is 0 Å². The Bertz CT molecular complexity index is 296. The second-order valence-electron chi connectivity index (χ2n) is 3.25. The van der Waals surface area contributed by atoms with E-state index >= 15 is 0 Å². The van der Waals surface area contributed by atoms with E-state index in [1.54, 1.807) is 18.6 Å². The zero-order valence-electron chi connectivity index (χ0n) is 7.78. The molecule has 1 heterocycles. The van der Waals surface area contributed by atoms with Gasteiger partial charge in [-0.05, 0) is 17.9 Å². The van der Waals surface area contributed by atoms with Crippen molar-refractivity contribution in [1.82, 2.24) is 9.97 Å². The molecule has 0 saturated heterocycles. The van der Waals surface area contributed by atoms with E-state index in [2.05, 4.69) is 29.1 Å². The highest BCUT2D eigenvalue weighted by atomic mass is 15.1. The summed E-state index contributed by atoms with van der Waals surface area (Å²) in [5, 5.41) is 10.7. The predicted octanol–water partition coefficient (Wildman–Crippen LogP) is 1.57. The fourth-order valence-electron chi connectivity index (χ4n) is 1.05. The molecule has 0 atom stereocenters. The quantitative estimate of drug-likeness (QED) is 0.561. The number of nitrogens with zero attached hydrogens (tertiary/aromatic N) is 3. The van der Waals surface area contributed by atoms with Crippen LogP contribution in [0, 0.1) is 17.4 Å². The normalized spacial score (nSPS) is 9.69. The number of hydrogen-bond donors (Lipinski definition) is 1. The molecule has 0 amide bonds. The molecule has 4 nitrogen and oxygen atoms in total. The molecule has 68 valence electrons. The van der Waals surface area contributed by atoms with E-state index < -0.39 is 0 Å². The number of hydrogen-bond acceptors (Lipinski definition) is 4. The van der Waals surface area contributed by atoms with Crippen LogP contribution >= 0.6 is 0 Å². The lowest BCUT2D eigenvalue weighted by atomic mass is 10.1. The molecule has 1 aromatic heterocycles. The molecule has 0 unspecified atom stereocenters. The van der Waals surface area contributed by atoms with Gasteiger partial charge < -0.3 is 0 Å². The van der Waals surface area contributed by atoms with E-state index in [4.69, 9.17) is 5.26 Å². The fraction of sp³-hybridized carbons (Fsp3) is 0.444. The van der Waals surface area contributed by atoms with Gasteiger partial charge in [0.05, 0.1) is 0 Å². The van der Waals surface area contributed by atoms with Crippen LogP contribution in [0.4, 0.5) is 5.95 Å². The number of nitriles is 1. The highest BCUT2D eigenvalue weighted by Crippen LogP contribution is 2.06. The van der Waals surface area contributed by atoms with Crippen LogP contribution in [0.3, 0.4) is 0 Å². The molecule has 0 radical (unpaired) electrons. The topological polar surface area (TPSA) is 61.6 Å². The highest BCUT2D eigenvalue weighted by molar-refractivity contribution is 5.29. The Balaban J connectivity index is 2.65. The average Bonchev–Trinajstić information content (AvgIpc) is 2.08. The van der Waals surface area contributed by atoms with Crippen molar-refractivity contribution >= 4 is 5.95 Å². The fourth-order valence-corrected chi connectivity index (χ4v) is 1.05. The van der Waals surface area contributed by atoms with Crippen LogP contribution in [-0.2, 0) is 6.42 Å². The van der Waals surface area contributed by atoms with Crippen LogP contribution in [0.2, 0.25) is 0 Å². The minimum atomic E-state index is 0.356. The molecule has 0 spiro atoms. The average molecular weight is 176 g/mol. The van der Waals surface area contributed by atoms with Crippen molar-refractivity contribution in [1.29, 1.82) is 5.26 Å². The van der Waals surface area contributed by atoms with E-state index in [9.17, 15) is 0 Å². The molecule has 4 heteroatoms. The molecular weight excluding hydrogens is 164 g/mol. The molecule has 0 bridgehead atoms. The lowest BCUT2D eigenvalue weighted by Crippen LogP contribution is -1.99. The first-order chi connectivity index (χ1) is 6.22. The maximum atomic E-state index is 8.29. The van der Waals surface area contributed by atoms with E-state index in [-0.39, 0.29) is 0 Å². The molecule has 1 N–H and O–H groups in total. The molecule has 0 aliphatic carbocycles. The first-order valence-electron chi connectivity index (χ1n) is 4.18. The molecule has 13 heavy (non-hydrogen) atoms. The molecule has 1 rings (SSSR count). The summed E-state index contributed by atoms with van der Waals surface area (Å²) in [6, 6.07) is 0. The maximum absolute atomic E-state index is 8.29. The number of aromatic nitrogens is 2. The summed E-state index contributed by atoms with van der Waals surface area (Å²) in [6.45, 7) is 4.28. The summed E-state index contributed by atoms with van der Waals surface area (Å²) in [7, 11) is 0. The third-order valence-electron chi connectivity index (χ3n) is 1.52. The minimum Gasteiger partial charge on any atom is -0.261 e. The van der Waals surface area contributed by atoms with Gasteiger partial charge in [0, 0.05) is 12.4 Å².